The minimum Gasteiger partial charge on any atom is -0.317 e. The molecule has 0 spiro atoms. The first-order valence-electron chi connectivity index (χ1n) is 8.08. The predicted octanol–water partition coefficient (Wildman–Crippen LogP) is 3.07. The quantitative estimate of drug-likeness (QED) is 0.912. The summed E-state index contributed by atoms with van der Waals surface area (Å²) in [6, 6.07) is 6.70. The van der Waals surface area contributed by atoms with Crippen LogP contribution in [0.15, 0.2) is 18.2 Å². The number of piperidine rings is 1. The molecular formula is C18H25NO. The van der Waals surface area contributed by atoms with Gasteiger partial charge >= 0.3 is 0 Å². The lowest BCUT2D eigenvalue weighted by molar-refractivity contribution is -0.129. The number of aryl methyl sites for hydroxylation is 2. The average molecular weight is 271 g/mol. The van der Waals surface area contributed by atoms with E-state index in [2.05, 4.69) is 30.4 Å². The summed E-state index contributed by atoms with van der Waals surface area (Å²) in [5.74, 6) is 0.458. The third kappa shape index (κ3) is 2.54. The van der Waals surface area contributed by atoms with Gasteiger partial charge < -0.3 is 5.32 Å². The summed E-state index contributed by atoms with van der Waals surface area (Å²) in [4.78, 5) is 12.8. The van der Waals surface area contributed by atoms with Crippen molar-refractivity contribution >= 4 is 5.78 Å². The lowest BCUT2D eigenvalue weighted by Crippen LogP contribution is -2.42. The molecule has 3 rings (SSSR count). The molecule has 108 valence electrons. The van der Waals surface area contributed by atoms with Gasteiger partial charge in [0.05, 0.1) is 0 Å². The van der Waals surface area contributed by atoms with Crippen LogP contribution in [-0.4, -0.2) is 18.9 Å². The molecule has 1 aromatic rings. The van der Waals surface area contributed by atoms with Crippen LogP contribution in [0.3, 0.4) is 0 Å². The Morgan fingerprint density at radius 1 is 1.20 bits per heavy atom. The number of nitrogens with one attached hydrogen (secondary N) is 1. The van der Waals surface area contributed by atoms with E-state index in [0.717, 1.165) is 32.4 Å². The molecule has 1 heterocycles. The number of hydrogen-bond donors (Lipinski definition) is 1. The average Bonchev–Trinajstić information content (AvgIpc) is 2.95. The summed E-state index contributed by atoms with van der Waals surface area (Å²) in [6.45, 7) is 4.15. The van der Waals surface area contributed by atoms with Crippen LogP contribution < -0.4 is 5.32 Å². The fourth-order valence-electron chi connectivity index (χ4n) is 3.84. The Morgan fingerprint density at radius 3 is 2.70 bits per heavy atom. The number of hydrogen-bond acceptors (Lipinski definition) is 2. The molecule has 2 heteroatoms. The van der Waals surface area contributed by atoms with Crippen molar-refractivity contribution in [2.24, 2.45) is 5.41 Å². The van der Waals surface area contributed by atoms with Crippen LogP contribution >= 0.6 is 0 Å². The highest BCUT2D eigenvalue weighted by Crippen LogP contribution is 2.35. The van der Waals surface area contributed by atoms with Gasteiger partial charge in [0.2, 0.25) is 0 Å². The zero-order valence-electron chi connectivity index (χ0n) is 12.5. The normalized spacial score (nSPS) is 20.6. The highest BCUT2D eigenvalue weighted by atomic mass is 16.1. The summed E-state index contributed by atoms with van der Waals surface area (Å²) < 4.78 is 0. The van der Waals surface area contributed by atoms with Crippen molar-refractivity contribution in [2.75, 3.05) is 13.1 Å². The summed E-state index contributed by atoms with van der Waals surface area (Å²) in [6.07, 6.45) is 7.31. The standard InChI is InChI=1S/C18H25NO/c1-2-18(8-10-19-11-9-18)17(20)13-14-6-7-15-4-3-5-16(15)12-14/h6-7,12,19H,2-5,8-11,13H2,1H3. The Morgan fingerprint density at radius 2 is 1.95 bits per heavy atom. The molecule has 0 bridgehead atoms. The smallest absolute Gasteiger partial charge is 0.143 e. The van der Waals surface area contributed by atoms with Gasteiger partial charge in [-0.2, -0.15) is 0 Å². The molecule has 2 nitrogen and oxygen atoms in total. The van der Waals surface area contributed by atoms with Crippen LogP contribution in [0.2, 0.25) is 0 Å². The molecule has 0 saturated carbocycles. The topological polar surface area (TPSA) is 29.1 Å². The van der Waals surface area contributed by atoms with Crippen LogP contribution in [0, 0.1) is 5.41 Å². The van der Waals surface area contributed by atoms with E-state index < -0.39 is 0 Å². The van der Waals surface area contributed by atoms with E-state index in [1.54, 1.807) is 0 Å². The molecule has 1 N–H and O–H groups in total. The van der Waals surface area contributed by atoms with E-state index in [1.807, 2.05) is 0 Å². The van der Waals surface area contributed by atoms with E-state index in [9.17, 15) is 4.79 Å². The molecule has 0 atom stereocenters. The maximum absolute atomic E-state index is 12.8. The highest BCUT2D eigenvalue weighted by Gasteiger charge is 2.37. The van der Waals surface area contributed by atoms with Crippen LogP contribution in [0.5, 0.6) is 0 Å². The zero-order chi connectivity index (χ0) is 14.0. The fourth-order valence-corrected chi connectivity index (χ4v) is 3.84. The van der Waals surface area contributed by atoms with Gasteiger partial charge in [-0.15, -0.1) is 0 Å². The third-order valence-corrected chi connectivity index (χ3v) is 5.36. The minimum atomic E-state index is -0.0652. The van der Waals surface area contributed by atoms with Gasteiger partial charge in [-0.1, -0.05) is 25.1 Å². The van der Waals surface area contributed by atoms with Crippen LogP contribution in [-0.2, 0) is 24.1 Å². The molecule has 1 saturated heterocycles. The van der Waals surface area contributed by atoms with Crippen molar-refractivity contribution in [2.45, 2.75) is 51.9 Å². The van der Waals surface area contributed by atoms with Gasteiger partial charge in [0.25, 0.3) is 0 Å². The number of ketones is 1. The van der Waals surface area contributed by atoms with Crippen molar-refractivity contribution in [1.82, 2.24) is 5.32 Å². The van der Waals surface area contributed by atoms with Gasteiger partial charge in [0, 0.05) is 11.8 Å². The molecule has 0 unspecified atom stereocenters. The monoisotopic (exact) mass is 271 g/mol. The molecule has 1 aliphatic carbocycles. The van der Waals surface area contributed by atoms with E-state index in [1.165, 1.54) is 36.0 Å². The molecule has 0 radical (unpaired) electrons. The van der Waals surface area contributed by atoms with Gasteiger partial charge in [-0.05, 0) is 68.3 Å². The van der Waals surface area contributed by atoms with Crippen LogP contribution in [0.1, 0.15) is 49.3 Å². The zero-order valence-corrected chi connectivity index (χ0v) is 12.5. The van der Waals surface area contributed by atoms with Crippen molar-refractivity contribution in [3.63, 3.8) is 0 Å². The lowest BCUT2D eigenvalue weighted by Gasteiger charge is -2.35. The van der Waals surface area contributed by atoms with E-state index in [0.29, 0.717) is 12.2 Å². The number of fused-ring (bicyclic) bond motifs is 1. The second-order valence-corrected chi connectivity index (χ2v) is 6.44. The Balaban J connectivity index is 1.74. The van der Waals surface area contributed by atoms with Gasteiger partial charge in [-0.3, -0.25) is 4.79 Å². The van der Waals surface area contributed by atoms with Gasteiger partial charge in [-0.25, -0.2) is 0 Å². The number of benzene rings is 1. The largest absolute Gasteiger partial charge is 0.317 e. The Bertz CT molecular complexity index is 500. The second-order valence-electron chi connectivity index (χ2n) is 6.44. The molecule has 1 aromatic carbocycles. The summed E-state index contributed by atoms with van der Waals surface area (Å²) in [5, 5.41) is 3.37. The van der Waals surface area contributed by atoms with E-state index in [-0.39, 0.29) is 5.41 Å². The van der Waals surface area contributed by atoms with Crippen LogP contribution in [0.4, 0.5) is 0 Å². The molecule has 1 aliphatic heterocycles. The number of carbonyl (C=O) groups excluding carboxylic acids is 1. The SMILES string of the molecule is CCC1(C(=O)Cc2ccc3c(c2)CCC3)CCNCC1. The maximum Gasteiger partial charge on any atom is 0.143 e. The Hall–Kier alpha value is -1.15. The van der Waals surface area contributed by atoms with E-state index in [4.69, 9.17) is 0 Å². The summed E-state index contributed by atoms with van der Waals surface area (Å²) in [7, 11) is 0. The van der Waals surface area contributed by atoms with Crippen LogP contribution in [0.25, 0.3) is 0 Å². The number of carbonyl (C=O) groups is 1. The second kappa shape index (κ2) is 5.69. The molecule has 0 aromatic heterocycles. The minimum absolute atomic E-state index is 0.0652. The first-order chi connectivity index (χ1) is 9.73. The Labute approximate surface area is 122 Å². The molecule has 0 amide bonds. The molecule has 1 fully saturated rings. The molecule has 2 aliphatic rings. The van der Waals surface area contributed by atoms with Crippen molar-refractivity contribution in [3.8, 4) is 0 Å². The van der Waals surface area contributed by atoms with Gasteiger partial charge in [0.15, 0.2) is 0 Å². The summed E-state index contributed by atoms with van der Waals surface area (Å²) in [5.41, 5.74) is 4.13. The predicted molar refractivity (Wildman–Crippen MR) is 82.0 cm³/mol. The molecular weight excluding hydrogens is 246 g/mol. The fraction of sp³-hybridized carbons (Fsp3) is 0.611. The highest BCUT2D eigenvalue weighted by molar-refractivity contribution is 5.87. The van der Waals surface area contributed by atoms with E-state index >= 15 is 0 Å². The first-order valence-corrected chi connectivity index (χ1v) is 8.08. The Kier molecular flexibility index (Phi) is 3.93. The van der Waals surface area contributed by atoms with Gasteiger partial charge in [0.1, 0.15) is 5.78 Å². The lowest BCUT2D eigenvalue weighted by atomic mass is 9.71. The number of rotatable bonds is 4. The maximum atomic E-state index is 12.8. The van der Waals surface area contributed by atoms with Crippen molar-refractivity contribution in [1.29, 1.82) is 0 Å². The van der Waals surface area contributed by atoms with Crippen molar-refractivity contribution in [3.05, 3.63) is 34.9 Å². The summed E-state index contributed by atoms with van der Waals surface area (Å²) >= 11 is 0. The van der Waals surface area contributed by atoms with Crippen molar-refractivity contribution < 1.29 is 4.79 Å². The third-order valence-electron chi connectivity index (χ3n) is 5.36. The number of Topliss-reactive ketones (excluding diaryl/α,β-unsaturated/α-hetero) is 1. The first kappa shape index (κ1) is 13.8. The molecule has 20 heavy (non-hydrogen) atoms.